The second-order valence-corrected chi connectivity index (χ2v) is 10.0. The first-order valence-corrected chi connectivity index (χ1v) is 12.4. The third kappa shape index (κ3) is 5.88. The Morgan fingerprint density at radius 2 is 2.08 bits per heavy atom. The van der Waals surface area contributed by atoms with Gasteiger partial charge in [-0.15, -0.1) is 0 Å². The molecule has 10 heteroatoms. The molecule has 8 nitrogen and oxygen atoms in total. The van der Waals surface area contributed by atoms with E-state index in [1.165, 1.54) is 24.9 Å². The Bertz CT molecular complexity index is 1260. The van der Waals surface area contributed by atoms with Gasteiger partial charge in [-0.05, 0) is 68.9 Å². The van der Waals surface area contributed by atoms with Crippen molar-refractivity contribution in [3.05, 3.63) is 65.1 Å². The quantitative estimate of drug-likeness (QED) is 0.462. The number of halogens is 1. The van der Waals surface area contributed by atoms with Crippen LogP contribution in [0.5, 0.6) is 11.6 Å². The van der Waals surface area contributed by atoms with Crippen molar-refractivity contribution in [3.8, 4) is 11.6 Å². The first kappa shape index (κ1) is 25.7. The van der Waals surface area contributed by atoms with E-state index in [2.05, 4.69) is 28.9 Å². The number of carbonyl (C=O) groups is 1. The number of ether oxygens (including phenoxy) is 2. The van der Waals surface area contributed by atoms with Crippen molar-refractivity contribution >= 4 is 23.6 Å². The molecule has 1 aliphatic rings. The maximum atomic E-state index is 13.8. The van der Waals surface area contributed by atoms with E-state index >= 15 is 0 Å². The Morgan fingerprint density at radius 3 is 2.75 bits per heavy atom. The van der Waals surface area contributed by atoms with Gasteiger partial charge in [-0.3, -0.25) is 4.79 Å². The van der Waals surface area contributed by atoms with Crippen LogP contribution in [0.2, 0.25) is 0 Å². The summed E-state index contributed by atoms with van der Waals surface area (Å²) in [5, 5.41) is 0. The third-order valence-corrected chi connectivity index (χ3v) is 7.16. The lowest BCUT2D eigenvalue weighted by Gasteiger charge is -2.21. The van der Waals surface area contributed by atoms with E-state index in [1.807, 2.05) is 19.1 Å². The Balaban J connectivity index is 1.61. The average molecular weight is 512 g/mol. The van der Waals surface area contributed by atoms with Crippen LogP contribution in [0.15, 0.2) is 52.4 Å². The molecule has 1 aliphatic heterocycles. The molecule has 4 rings (SSSR count). The number of hydrogen-bond acceptors (Lipinski definition) is 8. The van der Waals surface area contributed by atoms with Crippen LogP contribution in [0.1, 0.15) is 27.9 Å². The number of hydrogen-bond donors (Lipinski definition) is 1. The fourth-order valence-electron chi connectivity index (χ4n) is 4.07. The molecule has 2 aromatic carbocycles. The van der Waals surface area contributed by atoms with Gasteiger partial charge in [-0.25, -0.2) is 9.37 Å². The Kier molecular flexibility index (Phi) is 7.95. The molecule has 36 heavy (non-hydrogen) atoms. The highest BCUT2D eigenvalue weighted by atomic mass is 32.2. The fraction of sp³-hybridized carbons (Fsp3) is 0.346. The molecule has 0 bridgehead atoms. The minimum atomic E-state index is -0.461. The van der Waals surface area contributed by atoms with Crippen LogP contribution in [0.3, 0.4) is 0 Å². The number of primary amides is 1. The van der Waals surface area contributed by atoms with Crippen molar-refractivity contribution in [2.75, 3.05) is 39.2 Å². The molecule has 3 aromatic rings. The Morgan fingerprint density at radius 1 is 1.28 bits per heavy atom. The Hall–Kier alpha value is -3.37. The first-order valence-electron chi connectivity index (χ1n) is 11.6. The second-order valence-electron chi connectivity index (χ2n) is 8.89. The molecular weight excluding hydrogens is 481 g/mol. The molecule has 1 amide bonds. The highest BCUT2D eigenvalue weighted by Gasteiger charge is 2.26. The summed E-state index contributed by atoms with van der Waals surface area (Å²) in [5.41, 5.74) is 7.47. The topological polar surface area (TPSA) is 93.8 Å². The lowest BCUT2D eigenvalue weighted by molar-refractivity contribution is 0.0999. The number of likely N-dealkylation sites (N-methyl/N-ethyl adjacent to an activating group) is 1. The molecule has 1 atom stereocenters. The van der Waals surface area contributed by atoms with Gasteiger partial charge < -0.3 is 25.0 Å². The molecule has 0 saturated carbocycles. The van der Waals surface area contributed by atoms with Gasteiger partial charge in [-0.1, -0.05) is 17.8 Å². The molecule has 0 aliphatic carbocycles. The minimum Gasteiger partial charge on any atom is -0.494 e. The van der Waals surface area contributed by atoms with Crippen molar-refractivity contribution in [1.29, 1.82) is 0 Å². The van der Waals surface area contributed by atoms with Crippen LogP contribution in [0.4, 0.5) is 10.3 Å². The summed E-state index contributed by atoms with van der Waals surface area (Å²) in [5.74, 6) is 0.304. The summed E-state index contributed by atoms with van der Waals surface area (Å²) in [4.78, 5) is 27.0. The van der Waals surface area contributed by atoms with Gasteiger partial charge >= 0.3 is 0 Å². The SMILES string of the molecule is COc1cc(COc2nc(N3CC[C@@H](N(C)C)C3)ncc2Sc2ccc(C(N)=O)c(C)c2)ccc1F. The van der Waals surface area contributed by atoms with Gasteiger partial charge in [0.1, 0.15) is 6.61 Å². The number of amides is 1. The van der Waals surface area contributed by atoms with E-state index in [1.54, 1.807) is 24.4 Å². The minimum absolute atomic E-state index is 0.158. The van der Waals surface area contributed by atoms with Gasteiger partial charge in [0.2, 0.25) is 17.7 Å². The van der Waals surface area contributed by atoms with Gasteiger partial charge in [0.25, 0.3) is 0 Å². The van der Waals surface area contributed by atoms with E-state index in [-0.39, 0.29) is 12.4 Å². The number of methoxy groups -OCH3 is 1. The highest BCUT2D eigenvalue weighted by molar-refractivity contribution is 7.99. The van der Waals surface area contributed by atoms with Crippen molar-refractivity contribution in [1.82, 2.24) is 14.9 Å². The van der Waals surface area contributed by atoms with Gasteiger partial charge in [0, 0.05) is 29.6 Å². The summed E-state index contributed by atoms with van der Waals surface area (Å²) in [7, 11) is 5.58. The molecule has 0 radical (unpaired) electrons. The van der Waals surface area contributed by atoms with Crippen LogP contribution in [-0.4, -0.2) is 61.1 Å². The predicted molar refractivity (Wildman–Crippen MR) is 137 cm³/mol. The smallest absolute Gasteiger partial charge is 0.248 e. The Labute approximate surface area is 214 Å². The van der Waals surface area contributed by atoms with Crippen LogP contribution < -0.4 is 20.1 Å². The lowest BCUT2D eigenvalue weighted by atomic mass is 10.1. The van der Waals surface area contributed by atoms with E-state index in [9.17, 15) is 9.18 Å². The van der Waals surface area contributed by atoms with Crippen LogP contribution in [-0.2, 0) is 6.61 Å². The summed E-state index contributed by atoms with van der Waals surface area (Å²) < 4.78 is 25.1. The molecule has 0 unspecified atom stereocenters. The van der Waals surface area contributed by atoms with Crippen molar-refractivity contribution in [2.24, 2.45) is 5.73 Å². The normalized spacial score (nSPS) is 15.4. The molecule has 1 saturated heterocycles. The third-order valence-electron chi connectivity index (χ3n) is 6.17. The zero-order valence-electron chi connectivity index (χ0n) is 20.8. The number of benzene rings is 2. The molecule has 2 heterocycles. The average Bonchev–Trinajstić information content (AvgIpc) is 3.35. The molecule has 2 N–H and O–H groups in total. The molecule has 0 spiro atoms. The van der Waals surface area contributed by atoms with Gasteiger partial charge in [0.15, 0.2) is 11.6 Å². The maximum Gasteiger partial charge on any atom is 0.248 e. The number of nitrogens with zero attached hydrogens (tertiary/aromatic N) is 4. The van der Waals surface area contributed by atoms with Crippen molar-refractivity contribution in [2.45, 2.75) is 35.8 Å². The largest absolute Gasteiger partial charge is 0.494 e. The maximum absolute atomic E-state index is 13.8. The van der Waals surface area contributed by atoms with Crippen molar-refractivity contribution in [3.63, 3.8) is 0 Å². The van der Waals surface area contributed by atoms with Crippen LogP contribution in [0.25, 0.3) is 0 Å². The standard InChI is InChI=1S/C26H30FN5O3S/c1-16-11-19(6-7-20(16)24(28)33)36-23-13-29-26(32-10-9-18(14-32)31(2)3)30-25(23)35-15-17-5-8-21(27)22(12-17)34-4/h5-8,11-13,18H,9-10,14-15H2,1-4H3,(H2,28,33)/t18-/m1/s1. The second kappa shape index (κ2) is 11.1. The molecule has 190 valence electrons. The molecule has 1 aromatic heterocycles. The first-order chi connectivity index (χ1) is 17.2. The van der Waals surface area contributed by atoms with Gasteiger partial charge in [-0.2, -0.15) is 4.98 Å². The number of anilines is 1. The van der Waals surface area contributed by atoms with E-state index in [0.29, 0.717) is 23.4 Å². The highest BCUT2D eigenvalue weighted by Crippen LogP contribution is 2.36. The van der Waals surface area contributed by atoms with Crippen molar-refractivity contribution < 1.29 is 18.7 Å². The number of aryl methyl sites for hydroxylation is 1. The summed E-state index contributed by atoms with van der Waals surface area (Å²) in [6.07, 6.45) is 2.79. The van der Waals surface area contributed by atoms with E-state index in [0.717, 1.165) is 40.4 Å². The predicted octanol–water partition coefficient (Wildman–Crippen LogP) is 3.90. The number of rotatable bonds is 9. The van der Waals surface area contributed by atoms with E-state index in [4.69, 9.17) is 20.2 Å². The van der Waals surface area contributed by atoms with E-state index < -0.39 is 11.7 Å². The number of carbonyl (C=O) groups excluding carboxylic acids is 1. The summed E-state index contributed by atoms with van der Waals surface area (Å²) in [6.45, 7) is 3.72. The molecule has 1 fully saturated rings. The monoisotopic (exact) mass is 511 g/mol. The zero-order chi connectivity index (χ0) is 25.8. The fourth-order valence-corrected chi connectivity index (χ4v) is 4.99. The number of nitrogens with two attached hydrogens (primary N) is 1. The summed E-state index contributed by atoms with van der Waals surface area (Å²) >= 11 is 1.44. The van der Waals surface area contributed by atoms with Gasteiger partial charge in [0.05, 0.1) is 18.2 Å². The lowest BCUT2D eigenvalue weighted by Crippen LogP contribution is -2.32. The number of aromatic nitrogens is 2. The summed E-state index contributed by atoms with van der Waals surface area (Å²) in [6, 6.07) is 10.5. The zero-order valence-corrected chi connectivity index (χ0v) is 21.6. The van der Waals surface area contributed by atoms with Crippen LogP contribution >= 0.6 is 11.8 Å². The molecular formula is C26H30FN5O3S. The van der Waals surface area contributed by atoms with Crippen LogP contribution in [0, 0.1) is 12.7 Å².